The number of phenols is 3. The van der Waals surface area contributed by atoms with E-state index >= 15 is 24.0 Å². The third-order valence-corrected chi connectivity index (χ3v) is 22.3. The number of hydrogen-bond donors (Lipinski definition) is 22. The molecule has 47 heteroatoms. The number of primary amides is 1. The number of amides is 9. The Hall–Kier alpha value is -12.4. The van der Waals surface area contributed by atoms with Crippen molar-refractivity contribution in [3.05, 3.63) is 169 Å². The second kappa shape index (κ2) is 40.1. The van der Waals surface area contributed by atoms with Gasteiger partial charge in [-0.3, -0.25) is 58.6 Å². The van der Waals surface area contributed by atoms with Crippen molar-refractivity contribution in [2.45, 2.75) is 176 Å². The summed E-state index contributed by atoms with van der Waals surface area (Å²) in [5.74, 6) is -17.4. The molecule has 9 amide bonds. The van der Waals surface area contributed by atoms with Crippen LogP contribution in [0.2, 0.25) is 10.0 Å². The van der Waals surface area contributed by atoms with E-state index in [0.29, 0.717) is 5.56 Å². The quantitative estimate of drug-likeness (QED) is 0.0350. The highest BCUT2D eigenvalue weighted by Gasteiger charge is 2.53. The molecule has 6 aromatic carbocycles. The molecule has 2 saturated heterocycles. The predicted molar refractivity (Wildman–Crippen MR) is 447 cm³/mol. The lowest BCUT2D eigenvalue weighted by Crippen LogP contribution is -2.65. The number of carbonyl (C=O) groups is 9. The molecule has 18 unspecified atom stereocenters. The molecule has 8 heterocycles. The lowest BCUT2D eigenvalue weighted by atomic mass is 9.85. The summed E-state index contributed by atoms with van der Waals surface area (Å²) in [5.41, 5.74) is 10.9. The fourth-order valence-electron chi connectivity index (χ4n) is 15.2. The number of aliphatic hydroxyl groups is 6. The number of aromatic nitrogens is 2. The highest BCUT2D eigenvalue weighted by Crippen LogP contribution is 2.50. The van der Waals surface area contributed by atoms with E-state index in [1.54, 1.807) is 20.8 Å². The fraction of sp³-hybridized carbons (Fsp3) is 0.390. The van der Waals surface area contributed by atoms with E-state index in [9.17, 15) is 83.1 Å². The van der Waals surface area contributed by atoms with Crippen LogP contribution in [0.3, 0.4) is 0 Å². The van der Waals surface area contributed by atoms with Crippen LogP contribution < -0.4 is 94.8 Å². The van der Waals surface area contributed by atoms with Gasteiger partial charge in [-0.25, -0.2) is 4.79 Å². The van der Waals surface area contributed by atoms with Crippen LogP contribution >= 0.6 is 35.4 Å². The molecule has 7 aliphatic heterocycles. The molecule has 2 fully saturated rings. The molecule has 11 bridgehead atoms. The maximum Gasteiger partial charge on any atom is 0.573 e. The molecule has 41 nitrogen and oxygen atoms in total. The van der Waals surface area contributed by atoms with E-state index in [1.165, 1.54) is 44.4 Å². The number of aliphatic hydroxyl groups excluding tert-OH is 6. The first-order valence-corrected chi connectivity index (χ1v) is 40.9. The molecule has 7 aliphatic rings. The first-order chi connectivity index (χ1) is 61.0. The predicted octanol–water partition coefficient (Wildman–Crippen LogP) is 0.854. The van der Waals surface area contributed by atoms with Gasteiger partial charge in [0, 0.05) is 48.4 Å². The van der Waals surface area contributed by atoms with Gasteiger partial charge in [0.15, 0.2) is 29.0 Å². The van der Waals surface area contributed by atoms with Crippen molar-refractivity contribution in [3.8, 4) is 62.9 Å². The van der Waals surface area contributed by atoms with Crippen LogP contribution in [0.4, 0.5) is 19.0 Å². The van der Waals surface area contributed by atoms with E-state index in [1.807, 2.05) is 0 Å². The molecular formula is C82H90Cl2F3N15O26S. The summed E-state index contributed by atoms with van der Waals surface area (Å²) < 4.78 is 82.5. The van der Waals surface area contributed by atoms with Crippen molar-refractivity contribution in [2.75, 3.05) is 25.5 Å². The van der Waals surface area contributed by atoms with E-state index in [2.05, 4.69) is 68.4 Å². The number of hydrogen-bond acceptors (Lipinski definition) is 30. The van der Waals surface area contributed by atoms with Crippen LogP contribution in [0.5, 0.6) is 51.7 Å². The fourth-order valence-corrected chi connectivity index (χ4v) is 15.7. The molecule has 14 rings (SSSR count). The number of fused-ring (bicyclic) bond motifs is 15. The van der Waals surface area contributed by atoms with E-state index < -0.39 is 277 Å². The van der Waals surface area contributed by atoms with Crippen molar-refractivity contribution < 1.29 is 135 Å². The SMILES string of the molecule is CNC(CC(C)C)C(=O)NC1C(=O)NC(CC(N)=O)C(=O)NC2C(=O)NC3C(=O)NC(C(=O)NC(C(=O)NNC(N)=S)c4cc(O)cc(O)c4-c4cc3ccc4O)C(O)c3ccc(c(Cl)c3)Oc3cc2cc(c3OC2OC(CO)C(O)C(O)C2OC2CC(C)(NCCn3ccc(NC(=O)Cc4ccc(OC(F)(F)F)cc4)nc3=O)C(O)C(C)O2)Oc2ccc(cc2Cl)C1O. The van der Waals surface area contributed by atoms with Gasteiger partial charge in [0.05, 0.1) is 47.7 Å². The Kier molecular flexibility index (Phi) is 29.8. The highest BCUT2D eigenvalue weighted by molar-refractivity contribution is 7.80. The van der Waals surface area contributed by atoms with E-state index in [-0.39, 0.29) is 60.8 Å². The van der Waals surface area contributed by atoms with Gasteiger partial charge in [0.1, 0.15) is 107 Å². The summed E-state index contributed by atoms with van der Waals surface area (Å²) >= 11 is 19.2. The Labute approximate surface area is 744 Å². The average molecular weight is 1860 g/mol. The number of halogens is 5. The molecule has 690 valence electrons. The number of carbonyl (C=O) groups excluding carboxylic acids is 9. The minimum atomic E-state index is -4.94. The zero-order valence-electron chi connectivity index (χ0n) is 68.6. The summed E-state index contributed by atoms with van der Waals surface area (Å²) in [7, 11) is 1.45. The summed E-state index contributed by atoms with van der Waals surface area (Å²) in [6.07, 6.45) is -24.0. The summed E-state index contributed by atoms with van der Waals surface area (Å²) in [6.45, 7) is 5.32. The zero-order chi connectivity index (χ0) is 93.7. The number of alkyl halides is 3. The molecule has 18 atom stereocenters. The smallest absolute Gasteiger partial charge is 0.508 e. The first kappa shape index (κ1) is 95.7. The van der Waals surface area contributed by atoms with Gasteiger partial charge in [-0.15, -0.1) is 13.2 Å². The summed E-state index contributed by atoms with van der Waals surface area (Å²) in [4.78, 5) is 150. The highest BCUT2D eigenvalue weighted by atomic mass is 35.5. The minimum Gasteiger partial charge on any atom is -0.508 e. The second-order valence-electron chi connectivity index (χ2n) is 31.4. The number of benzene rings is 6. The number of nitrogens with one attached hydrogen (secondary N) is 11. The number of aromatic hydroxyl groups is 3. The largest absolute Gasteiger partial charge is 0.573 e. The number of nitrogens with two attached hydrogens (primary N) is 2. The number of thiocarbonyl (C=S) groups is 1. The average Bonchev–Trinajstić information content (AvgIpc) is 0.764. The molecule has 0 aliphatic carbocycles. The van der Waals surface area contributed by atoms with Crippen LogP contribution in [0.25, 0.3) is 11.1 Å². The van der Waals surface area contributed by atoms with Gasteiger partial charge in [-0.1, -0.05) is 67.4 Å². The number of rotatable bonds is 21. The molecule has 0 spiro atoms. The lowest BCUT2D eigenvalue weighted by Gasteiger charge is -2.48. The minimum absolute atomic E-state index is 0.103. The van der Waals surface area contributed by atoms with Crippen LogP contribution in [0, 0.1) is 5.92 Å². The standard InChI is InChI=1S/C82H90Cl2F3N15O26S/c1-32(2)20-45(90-5)71(114)98-62-64(109)36-9-14-49(43(83)23-36)123-51-25-38-26-52(68(51)127-78-69(67(112)66(111)53(31-103)125-78)126-57-30-81(4,70(113)33(3)122-57)91-17-19-102-18-16-55(94-80(102)121)93-56(108)21-34-6-11-40(12-7-34)128-82(85,86)87)124-50-15-10-37(24-44(50)84)65(110)63-76(119)97-61(77(120)100-101-79(89)129)42-27-39(104)28-48(106)58(42)41-22-35(8-13-47(41)105)59(73(116)99-63)96-74(117)60(38)95-72(115)46(29-54(88)107)92-75(62)118/h6-16,18,22-28,32-33,45-46,53,57,59-67,69-70,78,90-91,103-106,109-113H,17,19-21,29-31H2,1-5H3,(H2,88,107)(H,92,118)(H,95,115)(H,96,117)(H,97,119)(H,98,114)(H,99,116)(H,100,120)(H3,89,101,129)(H,93,94,108,121). The van der Waals surface area contributed by atoms with Crippen LogP contribution in [-0.4, -0.2) is 219 Å². The van der Waals surface area contributed by atoms with E-state index in [0.717, 1.165) is 89.5 Å². The molecule has 24 N–H and O–H groups in total. The van der Waals surface area contributed by atoms with Gasteiger partial charge in [0.25, 0.3) is 5.91 Å². The van der Waals surface area contributed by atoms with Crippen molar-refractivity contribution in [1.82, 2.24) is 62.9 Å². The maximum absolute atomic E-state index is 16.3. The lowest BCUT2D eigenvalue weighted by molar-refractivity contribution is -0.334. The Morgan fingerprint density at radius 3 is 1.98 bits per heavy atom. The van der Waals surface area contributed by atoms with Gasteiger partial charge < -0.3 is 138 Å². The third-order valence-electron chi connectivity index (χ3n) is 21.6. The molecule has 0 radical (unpaired) electrons. The van der Waals surface area contributed by atoms with Crippen molar-refractivity contribution in [3.63, 3.8) is 0 Å². The summed E-state index contributed by atoms with van der Waals surface area (Å²) in [5, 5.41) is 128. The molecule has 7 aromatic rings. The number of hydrazine groups is 1. The van der Waals surface area contributed by atoms with Crippen molar-refractivity contribution >= 4 is 99.5 Å². The second-order valence-corrected chi connectivity index (χ2v) is 32.7. The van der Waals surface area contributed by atoms with Crippen molar-refractivity contribution in [2.24, 2.45) is 17.4 Å². The Morgan fingerprint density at radius 1 is 0.729 bits per heavy atom. The molecular weight excluding hydrogens is 1770 g/mol. The maximum atomic E-state index is 16.3. The Balaban J connectivity index is 0.980. The number of nitrogens with zero attached hydrogens (tertiary/aromatic N) is 2. The number of ether oxygens (including phenoxy) is 7. The van der Waals surface area contributed by atoms with Crippen molar-refractivity contribution in [1.29, 1.82) is 0 Å². The summed E-state index contributed by atoms with van der Waals surface area (Å²) in [6, 6.07) is 4.77. The third kappa shape index (κ3) is 22.5. The van der Waals surface area contributed by atoms with Gasteiger partial charge in [0.2, 0.25) is 59.3 Å². The Bertz CT molecular complexity index is 5540. The van der Waals surface area contributed by atoms with Gasteiger partial charge >= 0.3 is 12.1 Å². The molecule has 1 aromatic heterocycles. The molecule has 0 saturated carbocycles. The normalized spacial score (nSPS) is 25.5. The van der Waals surface area contributed by atoms with Crippen LogP contribution in [0.1, 0.15) is 111 Å². The first-order valence-electron chi connectivity index (χ1n) is 39.7. The number of likely N-dealkylation sites (N-methyl/N-ethyl adjacent to an activating group) is 1. The number of anilines is 1. The van der Waals surface area contributed by atoms with Crippen LogP contribution in [0.15, 0.2) is 120 Å². The van der Waals surface area contributed by atoms with Gasteiger partial charge in [-0.05, 0) is 152 Å². The number of phenolic OH excluding ortho intramolecular Hbond substituents is 3. The topological polar surface area (TPSA) is 620 Å². The Morgan fingerprint density at radius 2 is 1.36 bits per heavy atom. The van der Waals surface area contributed by atoms with E-state index in [4.69, 9.17) is 75.3 Å². The van der Waals surface area contributed by atoms with Gasteiger partial charge in [-0.2, -0.15) is 4.98 Å². The zero-order valence-corrected chi connectivity index (χ0v) is 71.0. The molecule has 129 heavy (non-hydrogen) atoms. The van der Waals surface area contributed by atoms with Crippen LogP contribution in [-0.2, 0) is 70.3 Å². The monoisotopic (exact) mass is 1860 g/mol.